The van der Waals surface area contributed by atoms with E-state index in [0.717, 1.165) is 16.5 Å². The van der Waals surface area contributed by atoms with E-state index in [9.17, 15) is 13.2 Å². The average Bonchev–Trinajstić information content (AvgIpc) is 2.59. The second kappa shape index (κ2) is 6.93. The number of ether oxygens (including phenoxy) is 1. The van der Waals surface area contributed by atoms with Crippen molar-refractivity contribution in [1.29, 1.82) is 0 Å². The Morgan fingerprint density at radius 1 is 1.08 bits per heavy atom. The van der Waals surface area contributed by atoms with Crippen LogP contribution in [-0.2, 0) is 16.6 Å². The molecule has 0 aliphatic heterocycles. The number of sulfonamides is 1. The van der Waals surface area contributed by atoms with E-state index in [1.54, 1.807) is 36.4 Å². The minimum Gasteiger partial charge on any atom is -0.489 e. The summed E-state index contributed by atoms with van der Waals surface area (Å²) in [5, 5.41) is 0.844. The summed E-state index contributed by atoms with van der Waals surface area (Å²) in [5.41, 5.74) is 1.60. The van der Waals surface area contributed by atoms with Crippen LogP contribution in [0, 0.1) is 6.92 Å². The van der Waals surface area contributed by atoms with Crippen LogP contribution >= 0.6 is 0 Å². The van der Waals surface area contributed by atoms with E-state index in [1.165, 1.54) is 24.5 Å². The summed E-state index contributed by atoms with van der Waals surface area (Å²) in [4.78, 5) is 11.7. The highest BCUT2D eigenvalue weighted by molar-refractivity contribution is 7.89. The monoisotopic (exact) mass is 373 g/mol. The van der Waals surface area contributed by atoms with Crippen molar-refractivity contribution in [3.05, 3.63) is 70.1 Å². The zero-order valence-electron chi connectivity index (χ0n) is 14.7. The summed E-state index contributed by atoms with van der Waals surface area (Å²) in [6.45, 7) is 2.04. The summed E-state index contributed by atoms with van der Waals surface area (Å²) >= 11 is 0. The first-order chi connectivity index (χ1) is 12.3. The molecule has 26 heavy (non-hydrogen) atoms. The average molecular weight is 373 g/mol. The predicted molar refractivity (Wildman–Crippen MR) is 98.9 cm³/mol. The molecule has 136 valence electrons. The molecule has 0 spiro atoms. The lowest BCUT2D eigenvalue weighted by atomic mass is 10.1. The van der Waals surface area contributed by atoms with Crippen molar-refractivity contribution in [2.24, 2.45) is 0 Å². The molecule has 0 bridgehead atoms. The molecule has 0 fully saturated rings. The van der Waals surface area contributed by atoms with Gasteiger partial charge in [-0.15, -0.1) is 0 Å². The van der Waals surface area contributed by atoms with E-state index in [-0.39, 0.29) is 11.5 Å². The Labute approximate surface area is 151 Å². The van der Waals surface area contributed by atoms with Crippen molar-refractivity contribution in [3.63, 3.8) is 0 Å². The van der Waals surface area contributed by atoms with Crippen LogP contribution in [0.4, 0.5) is 0 Å². The van der Waals surface area contributed by atoms with Gasteiger partial charge in [0.05, 0.1) is 4.90 Å². The molecule has 0 N–H and O–H groups in total. The van der Waals surface area contributed by atoms with Crippen LogP contribution in [-0.4, -0.2) is 26.8 Å². The van der Waals surface area contributed by atoms with Crippen molar-refractivity contribution in [2.45, 2.75) is 18.4 Å². The van der Waals surface area contributed by atoms with Crippen molar-refractivity contribution in [3.8, 4) is 5.75 Å². The van der Waals surface area contributed by atoms with Gasteiger partial charge in [0, 0.05) is 31.6 Å². The molecule has 7 heteroatoms. The first-order valence-corrected chi connectivity index (χ1v) is 9.40. The van der Waals surface area contributed by atoms with Crippen molar-refractivity contribution < 1.29 is 17.6 Å². The molecule has 2 aromatic carbocycles. The molecule has 0 radical (unpaired) electrons. The number of aryl methyl sites for hydroxylation is 1. The van der Waals surface area contributed by atoms with Gasteiger partial charge in [0.25, 0.3) is 0 Å². The van der Waals surface area contributed by atoms with Gasteiger partial charge in [0.2, 0.25) is 10.0 Å². The molecule has 0 unspecified atom stereocenters. The fraction of sp³-hybridized carbons (Fsp3) is 0.211. The molecule has 0 aliphatic carbocycles. The SMILES string of the molecule is Cc1cc(=O)oc2cc(OCc3cccc(S(=O)(=O)N(C)C)c3)ccc12. The second-order valence-corrected chi connectivity index (χ2v) is 8.28. The zero-order chi connectivity index (χ0) is 18.9. The molecule has 0 atom stereocenters. The lowest BCUT2D eigenvalue weighted by Gasteiger charge is -2.13. The Bertz CT molecular complexity index is 1120. The summed E-state index contributed by atoms with van der Waals surface area (Å²) in [6.07, 6.45) is 0. The molecule has 1 aromatic heterocycles. The molecular weight excluding hydrogens is 354 g/mol. The predicted octanol–water partition coefficient (Wildman–Crippen LogP) is 2.93. The topological polar surface area (TPSA) is 76.8 Å². The third-order valence-electron chi connectivity index (χ3n) is 4.01. The summed E-state index contributed by atoms with van der Waals surface area (Å²) in [5.74, 6) is 0.534. The van der Waals surface area contributed by atoms with E-state index >= 15 is 0 Å². The Balaban J connectivity index is 1.83. The van der Waals surface area contributed by atoms with Crippen LogP contribution in [0.2, 0.25) is 0 Å². The Kier molecular flexibility index (Phi) is 4.84. The minimum absolute atomic E-state index is 0.193. The van der Waals surface area contributed by atoms with Gasteiger partial charge in [-0.3, -0.25) is 0 Å². The van der Waals surface area contributed by atoms with Crippen molar-refractivity contribution >= 4 is 21.0 Å². The lowest BCUT2D eigenvalue weighted by Crippen LogP contribution is -2.22. The molecular formula is C19H19NO5S. The Hall–Kier alpha value is -2.64. The molecule has 1 heterocycles. The van der Waals surface area contributed by atoms with Crippen LogP contribution < -0.4 is 10.4 Å². The largest absolute Gasteiger partial charge is 0.489 e. The zero-order valence-corrected chi connectivity index (χ0v) is 15.5. The van der Waals surface area contributed by atoms with Gasteiger partial charge in [-0.2, -0.15) is 0 Å². The fourth-order valence-corrected chi connectivity index (χ4v) is 3.54. The molecule has 0 aliphatic rings. The van der Waals surface area contributed by atoms with Crippen LogP contribution in [0.15, 0.2) is 62.6 Å². The number of hydrogen-bond acceptors (Lipinski definition) is 5. The van der Waals surface area contributed by atoms with Gasteiger partial charge in [-0.25, -0.2) is 17.5 Å². The highest BCUT2D eigenvalue weighted by Gasteiger charge is 2.17. The molecule has 3 rings (SSSR count). The first-order valence-electron chi connectivity index (χ1n) is 7.96. The number of benzene rings is 2. The second-order valence-electron chi connectivity index (χ2n) is 6.13. The summed E-state index contributed by atoms with van der Waals surface area (Å²) in [6, 6.07) is 13.3. The maximum Gasteiger partial charge on any atom is 0.336 e. The fourth-order valence-electron chi connectivity index (χ4n) is 2.57. The van der Waals surface area contributed by atoms with E-state index in [0.29, 0.717) is 11.3 Å². The van der Waals surface area contributed by atoms with Gasteiger partial charge >= 0.3 is 5.63 Å². The number of hydrogen-bond donors (Lipinski definition) is 0. The Morgan fingerprint density at radius 3 is 2.58 bits per heavy atom. The van der Waals surface area contributed by atoms with E-state index in [4.69, 9.17) is 9.15 Å². The van der Waals surface area contributed by atoms with Gasteiger partial charge in [0.15, 0.2) is 0 Å². The molecule has 0 amide bonds. The van der Waals surface area contributed by atoms with Gasteiger partial charge in [-0.05, 0) is 42.3 Å². The van der Waals surface area contributed by atoms with Crippen LogP contribution in [0.5, 0.6) is 5.75 Å². The number of fused-ring (bicyclic) bond motifs is 1. The standard InChI is InChI=1S/C19H19NO5S/c1-13-9-19(21)25-18-11-15(7-8-17(13)18)24-12-14-5-4-6-16(10-14)26(22,23)20(2)3/h4-11H,12H2,1-3H3. The summed E-state index contributed by atoms with van der Waals surface area (Å²) < 4.78 is 36.5. The first kappa shape index (κ1) is 18.2. The van der Waals surface area contributed by atoms with Crippen LogP contribution in [0.1, 0.15) is 11.1 Å². The van der Waals surface area contributed by atoms with Gasteiger partial charge in [-0.1, -0.05) is 12.1 Å². The lowest BCUT2D eigenvalue weighted by molar-refractivity contribution is 0.306. The van der Waals surface area contributed by atoms with Crippen LogP contribution in [0.3, 0.4) is 0 Å². The molecule has 0 saturated heterocycles. The van der Waals surface area contributed by atoms with Crippen LogP contribution in [0.25, 0.3) is 11.0 Å². The maximum atomic E-state index is 12.2. The quantitative estimate of drug-likeness (QED) is 0.643. The van der Waals surface area contributed by atoms with Gasteiger partial charge < -0.3 is 9.15 Å². The number of nitrogens with zero attached hydrogens (tertiary/aromatic N) is 1. The molecule has 6 nitrogen and oxygen atoms in total. The normalized spacial score (nSPS) is 11.8. The molecule has 0 saturated carbocycles. The maximum absolute atomic E-state index is 12.2. The smallest absolute Gasteiger partial charge is 0.336 e. The summed E-state index contributed by atoms with van der Waals surface area (Å²) in [7, 11) is -0.514. The van der Waals surface area contributed by atoms with Gasteiger partial charge in [0.1, 0.15) is 17.9 Å². The molecule has 3 aromatic rings. The third kappa shape index (κ3) is 3.63. The number of rotatable bonds is 5. The third-order valence-corrected chi connectivity index (χ3v) is 5.82. The highest BCUT2D eigenvalue weighted by atomic mass is 32.2. The van der Waals surface area contributed by atoms with E-state index < -0.39 is 15.6 Å². The Morgan fingerprint density at radius 2 is 1.85 bits per heavy atom. The van der Waals surface area contributed by atoms with Crippen molar-refractivity contribution in [2.75, 3.05) is 14.1 Å². The van der Waals surface area contributed by atoms with E-state index in [1.807, 2.05) is 13.0 Å². The highest BCUT2D eigenvalue weighted by Crippen LogP contribution is 2.23. The van der Waals surface area contributed by atoms with E-state index in [2.05, 4.69) is 0 Å². The minimum atomic E-state index is -3.49. The van der Waals surface area contributed by atoms with Crippen molar-refractivity contribution in [1.82, 2.24) is 4.31 Å².